The van der Waals surface area contributed by atoms with Gasteiger partial charge in [-0.1, -0.05) is 18.2 Å². The topological polar surface area (TPSA) is 177 Å². The van der Waals surface area contributed by atoms with Crippen LogP contribution in [-0.4, -0.2) is 41.1 Å². The molecular weight excluding hydrogens is 493 g/mol. The Hall–Kier alpha value is -5.02. The van der Waals surface area contributed by atoms with Crippen LogP contribution < -0.4 is 11.1 Å². The molecular formula is C25H19F3N4O5. The number of nitriles is 1. The van der Waals surface area contributed by atoms with E-state index in [1.54, 1.807) is 6.07 Å². The molecule has 0 unspecified atom stereocenters. The first-order chi connectivity index (χ1) is 17.5. The van der Waals surface area contributed by atoms with Gasteiger partial charge in [-0.2, -0.15) is 18.4 Å². The quantitative estimate of drug-likeness (QED) is 0.244. The molecule has 37 heavy (non-hydrogen) atoms. The van der Waals surface area contributed by atoms with E-state index in [1.165, 1.54) is 19.2 Å². The number of phenols is 1. The zero-order valence-corrected chi connectivity index (χ0v) is 19.1. The van der Waals surface area contributed by atoms with Crippen molar-refractivity contribution in [1.29, 1.82) is 10.7 Å². The molecule has 0 bridgehead atoms. The highest BCUT2D eigenvalue weighted by Crippen LogP contribution is 2.39. The van der Waals surface area contributed by atoms with Crippen LogP contribution >= 0.6 is 0 Å². The third-order valence-corrected chi connectivity index (χ3v) is 4.94. The highest BCUT2D eigenvalue weighted by molar-refractivity contribution is 6.48. The number of rotatable bonds is 6. The lowest BCUT2D eigenvalue weighted by Gasteiger charge is -2.16. The Morgan fingerprint density at radius 3 is 2.27 bits per heavy atom. The molecule has 1 amide bonds. The average Bonchev–Trinajstić information content (AvgIpc) is 2.88. The molecule has 0 aliphatic rings. The highest BCUT2D eigenvalue weighted by atomic mass is 19.4. The second-order valence-corrected chi connectivity index (χ2v) is 7.12. The minimum Gasteiger partial charge on any atom is -0.507 e. The summed E-state index contributed by atoms with van der Waals surface area (Å²) in [7, 11) is 1.50. The Labute approximate surface area is 208 Å². The largest absolute Gasteiger partial charge is 0.507 e. The number of carboxylic acids is 1. The van der Waals surface area contributed by atoms with Crippen LogP contribution in [0.2, 0.25) is 0 Å². The minimum atomic E-state index is -4.75. The number of aldehydes is 1. The molecule has 0 aromatic heterocycles. The van der Waals surface area contributed by atoms with Gasteiger partial charge in [-0.15, -0.1) is 0 Å². The van der Waals surface area contributed by atoms with Crippen LogP contribution in [0.15, 0.2) is 54.6 Å². The number of anilines is 1. The van der Waals surface area contributed by atoms with E-state index in [-0.39, 0.29) is 34.2 Å². The van der Waals surface area contributed by atoms with Gasteiger partial charge in [-0.25, -0.2) is 4.79 Å². The lowest BCUT2D eigenvalue weighted by molar-refractivity contribution is -0.137. The number of phenolic OH excluding ortho intramolecular Hbond substituents is 1. The molecule has 0 saturated heterocycles. The van der Waals surface area contributed by atoms with E-state index in [9.17, 15) is 37.8 Å². The molecule has 0 aliphatic heterocycles. The molecule has 0 saturated carbocycles. The van der Waals surface area contributed by atoms with Crippen molar-refractivity contribution in [3.05, 3.63) is 82.4 Å². The Balaban J connectivity index is 0.00000235. The zero-order valence-electron chi connectivity index (χ0n) is 19.1. The molecule has 0 fully saturated rings. The van der Waals surface area contributed by atoms with Crippen LogP contribution in [-0.2, 0) is 11.0 Å². The molecule has 9 nitrogen and oxygen atoms in total. The summed E-state index contributed by atoms with van der Waals surface area (Å²) in [6, 6.07) is 11.3. The first-order valence-electron chi connectivity index (χ1n) is 10.2. The lowest BCUT2D eigenvalue weighted by Crippen LogP contribution is -2.24. The van der Waals surface area contributed by atoms with E-state index >= 15 is 0 Å². The van der Waals surface area contributed by atoms with Crippen LogP contribution in [0.25, 0.3) is 11.1 Å². The van der Waals surface area contributed by atoms with E-state index < -0.39 is 46.2 Å². The number of halogens is 3. The van der Waals surface area contributed by atoms with E-state index in [4.69, 9.17) is 10.7 Å². The number of benzene rings is 3. The van der Waals surface area contributed by atoms with Gasteiger partial charge in [0, 0.05) is 11.1 Å². The SMILES string of the molecule is CN.N#Cc1ccc(NC(=O)C(=N)c2cc(C=O)c(-c3ccccc3C(F)(F)F)cc2O)c(C(=O)O)c1. The summed E-state index contributed by atoms with van der Waals surface area (Å²) in [6.07, 6.45) is -4.53. The summed E-state index contributed by atoms with van der Waals surface area (Å²) < 4.78 is 40.3. The fourth-order valence-corrected chi connectivity index (χ4v) is 3.31. The number of nitrogens with two attached hydrogens (primary N) is 1. The fraction of sp³-hybridized carbons (Fsp3) is 0.0800. The van der Waals surface area contributed by atoms with Crippen LogP contribution in [0.3, 0.4) is 0 Å². The number of amides is 1. The van der Waals surface area contributed by atoms with Crippen molar-refractivity contribution >= 4 is 29.6 Å². The molecule has 190 valence electrons. The summed E-state index contributed by atoms with van der Waals surface area (Å²) in [5.41, 5.74) is 0.468. The van der Waals surface area contributed by atoms with Crippen molar-refractivity contribution in [2.24, 2.45) is 5.73 Å². The molecule has 6 N–H and O–H groups in total. The number of aromatic carboxylic acids is 1. The minimum absolute atomic E-state index is 0.0125. The van der Waals surface area contributed by atoms with Crippen molar-refractivity contribution in [3.63, 3.8) is 0 Å². The van der Waals surface area contributed by atoms with Crippen molar-refractivity contribution in [1.82, 2.24) is 0 Å². The third kappa shape index (κ3) is 6.16. The Morgan fingerprint density at radius 2 is 1.70 bits per heavy atom. The second kappa shape index (κ2) is 11.6. The number of aromatic hydroxyl groups is 1. The van der Waals surface area contributed by atoms with Gasteiger partial charge >= 0.3 is 12.1 Å². The van der Waals surface area contributed by atoms with Gasteiger partial charge in [0.2, 0.25) is 0 Å². The van der Waals surface area contributed by atoms with Crippen LogP contribution in [0.1, 0.15) is 37.4 Å². The molecule has 3 aromatic rings. The van der Waals surface area contributed by atoms with E-state index in [0.29, 0.717) is 0 Å². The summed E-state index contributed by atoms with van der Waals surface area (Å²) >= 11 is 0. The number of carbonyl (C=O) groups is 3. The van der Waals surface area contributed by atoms with Crippen molar-refractivity contribution in [3.8, 4) is 22.9 Å². The Kier molecular flexibility index (Phi) is 8.85. The summed E-state index contributed by atoms with van der Waals surface area (Å²) in [5, 5.41) is 38.9. The van der Waals surface area contributed by atoms with Gasteiger partial charge in [-0.3, -0.25) is 15.0 Å². The number of alkyl halides is 3. The number of hydrogen-bond donors (Lipinski definition) is 5. The van der Waals surface area contributed by atoms with E-state index in [1.807, 2.05) is 0 Å². The van der Waals surface area contributed by atoms with Crippen LogP contribution in [0, 0.1) is 16.7 Å². The maximum absolute atomic E-state index is 13.4. The molecule has 0 heterocycles. The molecule has 12 heteroatoms. The summed E-state index contributed by atoms with van der Waals surface area (Å²) in [5.74, 6) is -3.38. The van der Waals surface area contributed by atoms with Crippen molar-refractivity contribution in [2.45, 2.75) is 6.18 Å². The molecule has 3 aromatic carbocycles. The summed E-state index contributed by atoms with van der Waals surface area (Å²) in [6.45, 7) is 0. The Bertz CT molecular complexity index is 1430. The fourth-order valence-electron chi connectivity index (χ4n) is 3.31. The van der Waals surface area contributed by atoms with Crippen LogP contribution in [0.4, 0.5) is 18.9 Å². The maximum atomic E-state index is 13.4. The molecule has 0 spiro atoms. The van der Waals surface area contributed by atoms with E-state index in [0.717, 1.165) is 42.5 Å². The van der Waals surface area contributed by atoms with Gasteiger partial charge in [0.25, 0.3) is 5.91 Å². The van der Waals surface area contributed by atoms with Gasteiger partial charge in [-0.05, 0) is 54.6 Å². The number of nitrogens with zero attached hydrogens (tertiary/aromatic N) is 1. The van der Waals surface area contributed by atoms with E-state index in [2.05, 4.69) is 11.1 Å². The molecule has 3 rings (SSSR count). The lowest BCUT2D eigenvalue weighted by atomic mass is 9.92. The highest BCUT2D eigenvalue weighted by Gasteiger charge is 2.34. The number of carbonyl (C=O) groups excluding carboxylic acids is 2. The summed E-state index contributed by atoms with van der Waals surface area (Å²) in [4.78, 5) is 35.7. The van der Waals surface area contributed by atoms with Gasteiger partial charge < -0.3 is 21.3 Å². The third-order valence-electron chi connectivity index (χ3n) is 4.94. The van der Waals surface area contributed by atoms with Crippen LogP contribution in [0.5, 0.6) is 5.75 Å². The van der Waals surface area contributed by atoms with Gasteiger partial charge in [0.05, 0.1) is 28.4 Å². The standard InChI is InChI=1S/C24H14F3N3O5.CH5N/c25-24(26,27)18-4-2-1-3-14(18)15-9-20(32)17(8-13(15)11-31)21(29)22(33)30-19-6-5-12(10-28)7-16(19)23(34)35;1-2/h1-9,11,29,32H,(H,30,33)(H,34,35);2H2,1H3. The van der Waals surface area contributed by atoms with Gasteiger partial charge in [0.15, 0.2) is 6.29 Å². The second-order valence-electron chi connectivity index (χ2n) is 7.12. The Morgan fingerprint density at radius 1 is 1.05 bits per heavy atom. The van der Waals surface area contributed by atoms with Gasteiger partial charge in [0.1, 0.15) is 11.5 Å². The molecule has 0 radical (unpaired) electrons. The zero-order chi connectivity index (χ0) is 27.9. The average molecular weight is 512 g/mol. The van der Waals surface area contributed by atoms with Crippen molar-refractivity contribution in [2.75, 3.05) is 12.4 Å². The normalized spacial score (nSPS) is 10.4. The molecule has 0 aliphatic carbocycles. The predicted octanol–water partition coefficient (Wildman–Crippen LogP) is 4.04. The molecule has 0 atom stereocenters. The predicted molar refractivity (Wildman–Crippen MR) is 128 cm³/mol. The number of nitrogens with one attached hydrogen (secondary N) is 2. The first-order valence-corrected chi connectivity index (χ1v) is 10.2. The number of carboxylic acid groups (broad SMARTS) is 1. The van der Waals surface area contributed by atoms with Crippen molar-refractivity contribution < 1.29 is 37.8 Å². The maximum Gasteiger partial charge on any atom is 0.417 e. The first kappa shape index (κ1) is 28.2. The monoisotopic (exact) mass is 512 g/mol. The smallest absolute Gasteiger partial charge is 0.417 e. The number of hydrogen-bond acceptors (Lipinski definition) is 7.